The fourth-order valence-corrected chi connectivity index (χ4v) is 3.88. The van der Waals surface area contributed by atoms with E-state index >= 15 is 0 Å². The summed E-state index contributed by atoms with van der Waals surface area (Å²) >= 11 is 12.7. The van der Waals surface area contributed by atoms with E-state index < -0.39 is 29.6 Å². The summed E-state index contributed by atoms with van der Waals surface area (Å²) < 4.78 is 5.07. The fourth-order valence-electron chi connectivity index (χ4n) is 2.72. The Labute approximate surface area is 198 Å². The minimum absolute atomic E-state index is 0.106. The molecule has 1 aliphatic heterocycles. The Morgan fingerprint density at radius 2 is 1.84 bits per heavy atom. The van der Waals surface area contributed by atoms with E-state index in [1.165, 1.54) is 18.2 Å². The first kappa shape index (κ1) is 23.8. The number of carbonyl (C=O) groups excluding carboxylic acids is 4. The van der Waals surface area contributed by atoms with E-state index in [2.05, 4.69) is 5.32 Å². The summed E-state index contributed by atoms with van der Waals surface area (Å²) in [6, 6.07) is 11.1. The van der Waals surface area contributed by atoms with Crippen molar-refractivity contribution in [3.8, 4) is 0 Å². The van der Waals surface area contributed by atoms with Crippen molar-refractivity contribution in [3.05, 3.63) is 68.5 Å². The van der Waals surface area contributed by atoms with E-state index in [9.17, 15) is 19.2 Å². The van der Waals surface area contributed by atoms with Crippen LogP contribution in [-0.2, 0) is 14.3 Å². The normalized spacial score (nSPS) is 14.7. The third-order valence-corrected chi connectivity index (χ3v) is 5.74. The molecule has 166 valence electrons. The first-order chi connectivity index (χ1) is 15.3. The van der Waals surface area contributed by atoms with Crippen molar-refractivity contribution in [2.24, 2.45) is 0 Å². The molecule has 1 saturated heterocycles. The number of nitrogens with zero attached hydrogens (tertiary/aromatic N) is 1. The number of esters is 1. The second kappa shape index (κ2) is 10.7. The van der Waals surface area contributed by atoms with Gasteiger partial charge in [-0.3, -0.25) is 19.3 Å². The average molecular weight is 493 g/mol. The van der Waals surface area contributed by atoms with E-state index in [1.807, 2.05) is 6.92 Å². The SMILES string of the molecule is CCCOC(=O)c1cc(NC(=O)CN2C(=O)S/C(=C/c3ccc(Cl)cc3)C2=O)ccc1Cl. The molecule has 1 N–H and O–H groups in total. The second-order valence-corrected chi connectivity index (χ2v) is 8.53. The highest BCUT2D eigenvalue weighted by Gasteiger charge is 2.36. The van der Waals surface area contributed by atoms with Crippen molar-refractivity contribution in [3.63, 3.8) is 0 Å². The van der Waals surface area contributed by atoms with Gasteiger partial charge in [0.1, 0.15) is 6.54 Å². The molecule has 7 nitrogen and oxygen atoms in total. The second-order valence-electron chi connectivity index (χ2n) is 6.70. The summed E-state index contributed by atoms with van der Waals surface area (Å²) in [5.74, 6) is -1.77. The Bertz CT molecular complexity index is 1100. The molecule has 0 unspecified atom stereocenters. The molecule has 1 fully saturated rings. The summed E-state index contributed by atoms with van der Waals surface area (Å²) in [6.07, 6.45) is 2.22. The Morgan fingerprint density at radius 3 is 2.53 bits per heavy atom. The quantitative estimate of drug-likeness (QED) is 0.419. The van der Waals surface area contributed by atoms with Gasteiger partial charge in [-0.15, -0.1) is 0 Å². The number of benzene rings is 2. The molecule has 0 atom stereocenters. The van der Waals surface area contributed by atoms with Gasteiger partial charge in [-0.05, 0) is 60.2 Å². The van der Waals surface area contributed by atoms with Crippen LogP contribution >= 0.6 is 35.0 Å². The Hall–Kier alpha value is -2.81. The maximum Gasteiger partial charge on any atom is 0.339 e. The maximum absolute atomic E-state index is 12.6. The zero-order valence-corrected chi connectivity index (χ0v) is 19.2. The number of nitrogens with one attached hydrogen (secondary N) is 1. The van der Waals surface area contributed by atoms with Crippen LogP contribution in [0, 0.1) is 0 Å². The molecule has 32 heavy (non-hydrogen) atoms. The standard InChI is InChI=1S/C22H18Cl2N2O5S/c1-2-9-31-21(29)16-11-15(7-8-17(16)24)25-19(27)12-26-20(28)18(32-22(26)30)10-13-3-5-14(23)6-4-13/h3-8,10-11H,2,9,12H2,1H3,(H,25,27)/b18-10+. The van der Waals surface area contributed by atoms with E-state index in [1.54, 1.807) is 30.3 Å². The lowest BCUT2D eigenvalue weighted by Crippen LogP contribution is -2.36. The van der Waals surface area contributed by atoms with Gasteiger partial charge in [-0.25, -0.2) is 4.79 Å². The molecule has 10 heteroatoms. The predicted molar refractivity (Wildman–Crippen MR) is 125 cm³/mol. The highest BCUT2D eigenvalue weighted by Crippen LogP contribution is 2.32. The maximum atomic E-state index is 12.6. The van der Waals surface area contributed by atoms with Crippen molar-refractivity contribution >= 4 is 69.8 Å². The highest BCUT2D eigenvalue weighted by atomic mass is 35.5. The predicted octanol–water partition coefficient (Wildman–Crippen LogP) is 5.24. The smallest absolute Gasteiger partial charge is 0.339 e. The summed E-state index contributed by atoms with van der Waals surface area (Å²) in [7, 11) is 0. The zero-order chi connectivity index (χ0) is 23.3. The summed E-state index contributed by atoms with van der Waals surface area (Å²) in [5.41, 5.74) is 1.09. The monoisotopic (exact) mass is 492 g/mol. The molecule has 0 spiro atoms. The van der Waals surface area contributed by atoms with Crippen LogP contribution in [-0.4, -0.2) is 41.1 Å². The van der Waals surface area contributed by atoms with Crippen LogP contribution < -0.4 is 5.32 Å². The number of hydrogen-bond acceptors (Lipinski definition) is 6. The Kier molecular flexibility index (Phi) is 7.95. The van der Waals surface area contributed by atoms with Crippen molar-refractivity contribution in [1.29, 1.82) is 0 Å². The van der Waals surface area contributed by atoms with E-state index in [4.69, 9.17) is 27.9 Å². The molecule has 3 amide bonds. The number of ether oxygens (including phenoxy) is 1. The largest absolute Gasteiger partial charge is 0.462 e. The lowest BCUT2D eigenvalue weighted by molar-refractivity contribution is -0.127. The molecule has 2 aromatic rings. The van der Waals surface area contributed by atoms with Gasteiger partial charge >= 0.3 is 5.97 Å². The average Bonchev–Trinajstić information content (AvgIpc) is 3.02. The Morgan fingerprint density at radius 1 is 1.12 bits per heavy atom. The van der Waals surface area contributed by atoms with Gasteiger partial charge in [0, 0.05) is 10.7 Å². The summed E-state index contributed by atoms with van der Waals surface area (Å²) in [4.78, 5) is 50.5. The van der Waals surface area contributed by atoms with Crippen LogP contribution in [0.5, 0.6) is 0 Å². The number of halogens is 2. The lowest BCUT2D eigenvalue weighted by Gasteiger charge is -2.13. The van der Waals surface area contributed by atoms with E-state index in [-0.39, 0.29) is 27.8 Å². The van der Waals surface area contributed by atoms with Crippen molar-refractivity contribution < 1.29 is 23.9 Å². The molecule has 1 heterocycles. The third-order valence-electron chi connectivity index (χ3n) is 4.25. The van der Waals surface area contributed by atoms with Gasteiger partial charge in [0.15, 0.2) is 0 Å². The van der Waals surface area contributed by atoms with Gasteiger partial charge in [-0.1, -0.05) is 42.3 Å². The number of thioether (sulfide) groups is 1. The molecule has 2 aromatic carbocycles. The number of amides is 3. The van der Waals surface area contributed by atoms with E-state index in [0.717, 1.165) is 16.7 Å². The minimum Gasteiger partial charge on any atom is -0.462 e. The topological polar surface area (TPSA) is 92.8 Å². The summed E-state index contributed by atoms with van der Waals surface area (Å²) in [6.45, 7) is 1.64. The van der Waals surface area contributed by atoms with Crippen LogP contribution in [0.3, 0.4) is 0 Å². The Balaban J connectivity index is 1.67. The van der Waals surface area contributed by atoms with Crippen LogP contribution in [0.1, 0.15) is 29.3 Å². The summed E-state index contributed by atoms with van der Waals surface area (Å²) in [5, 5.41) is 2.75. The van der Waals surface area contributed by atoms with Crippen molar-refractivity contribution in [1.82, 2.24) is 4.90 Å². The fraction of sp³-hybridized carbons (Fsp3) is 0.182. The molecule has 0 radical (unpaired) electrons. The van der Waals surface area contributed by atoms with Crippen molar-refractivity contribution in [2.45, 2.75) is 13.3 Å². The minimum atomic E-state index is -0.605. The highest BCUT2D eigenvalue weighted by molar-refractivity contribution is 8.18. The van der Waals surface area contributed by atoms with Gasteiger partial charge in [0.05, 0.1) is 22.1 Å². The molecule has 0 saturated carbocycles. The molecule has 1 aliphatic rings. The first-order valence-corrected chi connectivity index (χ1v) is 11.1. The molecule has 0 aliphatic carbocycles. The van der Waals surface area contributed by atoms with Gasteiger partial charge < -0.3 is 10.1 Å². The van der Waals surface area contributed by atoms with Gasteiger partial charge in [0.25, 0.3) is 11.1 Å². The number of hydrogen-bond donors (Lipinski definition) is 1. The first-order valence-electron chi connectivity index (χ1n) is 9.56. The van der Waals surface area contributed by atoms with Crippen LogP contribution in [0.15, 0.2) is 47.4 Å². The van der Waals surface area contributed by atoms with Gasteiger partial charge in [0.2, 0.25) is 5.91 Å². The number of anilines is 1. The van der Waals surface area contributed by atoms with Crippen LogP contribution in [0.2, 0.25) is 10.0 Å². The number of rotatable bonds is 7. The van der Waals surface area contributed by atoms with Crippen molar-refractivity contribution in [2.75, 3.05) is 18.5 Å². The number of imide groups is 1. The molecule has 3 rings (SSSR count). The van der Waals surface area contributed by atoms with Crippen LogP contribution in [0.25, 0.3) is 6.08 Å². The molecular formula is C22H18Cl2N2O5S. The molecule has 0 bridgehead atoms. The third kappa shape index (κ3) is 5.91. The van der Waals surface area contributed by atoms with Crippen LogP contribution in [0.4, 0.5) is 10.5 Å². The molecular weight excluding hydrogens is 475 g/mol. The zero-order valence-electron chi connectivity index (χ0n) is 16.9. The van der Waals surface area contributed by atoms with E-state index in [0.29, 0.717) is 17.0 Å². The van der Waals surface area contributed by atoms with Gasteiger partial charge in [-0.2, -0.15) is 0 Å². The number of carbonyl (C=O) groups is 4. The lowest BCUT2D eigenvalue weighted by atomic mass is 10.2. The molecule has 0 aromatic heterocycles.